The number of ketones is 1. The number of esters is 3. The van der Waals surface area contributed by atoms with Gasteiger partial charge in [0.25, 0.3) is 0 Å². The fourth-order valence-electron chi connectivity index (χ4n) is 7.57. The normalized spacial score (nSPS) is 44.3. The van der Waals surface area contributed by atoms with E-state index < -0.39 is 0 Å². The average molecular weight is 471 g/mol. The summed E-state index contributed by atoms with van der Waals surface area (Å²) in [5.41, 5.74) is 0.480. The molecule has 5 atom stereocenters. The van der Waals surface area contributed by atoms with Crippen LogP contribution in [0.25, 0.3) is 0 Å². The van der Waals surface area contributed by atoms with Crippen molar-refractivity contribution in [2.45, 2.75) is 77.1 Å². The molecule has 1 aliphatic heterocycles. The van der Waals surface area contributed by atoms with Crippen LogP contribution >= 0.6 is 0 Å². The monoisotopic (exact) mass is 470 g/mol. The third-order valence-electron chi connectivity index (χ3n) is 9.37. The standard InChI is InChI=1S/C15H20O3.C12H14O4/c1-8(2)14(17)18-15(3)11-4-9-5-12(15)7-10(6-11)13(9)16;1-5(2)11(13)15-9-6-3-7-8(4-6)12(14)16-10(7)9/h9-12H,1,4-7H2,2-3H3;6-10H,1,3-4H2,2H3. The van der Waals surface area contributed by atoms with Crippen LogP contribution < -0.4 is 0 Å². The number of carbonyl (C=O) groups is 4. The van der Waals surface area contributed by atoms with Crippen molar-refractivity contribution in [1.29, 1.82) is 0 Å². The maximum atomic E-state index is 12.0. The van der Waals surface area contributed by atoms with E-state index in [-0.39, 0.29) is 59.4 Å². The van der Waals surface area contributed by atoms with Gasteiger partial charge in [0.15, 0.2) is 0 Å². The van der Waals surface area contributed by atoms with Crippen molar-refractivity contribution in [3.63, 3.8) is 0 Å². The van der Waals surface area contributed by atoms with E-state index in [2.05, 4.69) is 20.1 Å². The zero-order chi connectivity index (χ0) is 24.5. The lowest BCUT2D eigenvalue weighted by molar-refractivity contribution is -0.199. The molecule has 1 heterocycles. The second kappa shape index (κ2) is 8.06. The predicted octanol–water partition coefficient (Wildman–Crippen LogP) is 3.56. The highest BCUT2D eigenvalue weighted by atomic mass is 16.6. The Morgan fingerprint density at radius 2 is 1.47 bits per heavy atom. The van der Waals surface area contributed by atoms with Gasteiger partial charge in [-0.3, -0.25) is 9.59 Å². The van der Waals surface area contributed by atoms with Crippen molar-refractivity contribution in [3.05, 3.63) is 24.3 Å². The minimum atomic E-state index is -0.378. The molecule has 0 spiro atoms. The van der Waals surface area contributed by atoms with Gasteiger partial charge in [-0.05, 0) is 59.3 Å². The number of fused-ring (bicyclic) bond motifs is 1. The van der Waals surface area contributed by atoms with E-state index in [4.69, 9.17) is 14.2 Å². The first-order valence-electron chi connectivity index (χ1n) is 12.5. The third-order valence-corrected chi connectivity index (χ3v) is 9.37. The van der Waals surface area contributed by atoms with Crippen LogP contribution in [-0.4, -0.2) is 41.5 Å². The molecule has 0 aromatic heterocycles. The van der Waals surface area contributed by atoms with Crippen LogP contribution in [0.5, 0.6) is 0 Å². The summed E-state index contributed by atoms with van der Waals surface area (Å²) in [6, 6.07) is 0. The van der Waals surface area contributed by atoms with Gasteiger partial charge >= 0.3 is 17.9 Å². The molecule has 0 radical (unpaired) electrons. The molecule has 6 aliphatic carbocycles. The van der Waals surface area contributed by atoms with Crippen LogP contribution in [0, 0.1) is 41.4 Å². The molecule has 0 N–H and O–H groups in total. The Kier molecular flexibility index (Phi) is 5.53. The van der Waals surface area contributed by atoms with Crippen LogP contribution in [0.4, 0.5) is 0 Å². The minimum Gasteiger partial charge on any atom is -0.458 e. The Hall–Kier alpha value is -2.44. The van der Waals surface area contributed by atoms with E-state index in [0.29, 0.717) is 34.7 Å². The third kappa shape index (κ3) is 3.54. The molecular weight excluding hydrogens is 436 g/mol. The summed E-state index contributed by atoms with van der Waals surface area (Å²) in [5, 5.41) is 0. The lowest BCUT2D eigenvalue weighted by Gasteiger charge is -2.58. The lowest BCUT2D eigenvalue weighted by Crippen LogP contribution is -2.60. The first-order chi connectivity index (χ1) is 16.0. The molecule has 7 aliphatic rings. The lowest BCUT2D eigenvalue weighted by atomic mass is 9.50. The van der Waals surface area contributed by atoms with Gasteiger partial charge in [-0.25, -0.2) is 9.59 Å². The molecule has 0 aromatic carbocycles. The van der Waals surface area contributed by atoms with E-state index in [1.807, 2.05) is 0 Å². The molecule has 6 saturated carbocycles. The molecule has 7 fully saturated rings. The summed E-state index contributed by atoms with van der Waals surface area (Å²) in [6.07, 6.45) is 4.97. The highest BCUT2D eigenvalue weighted by Gasteiger charge is 2.63. The first kappa shape index (κ1) is 23.3. The Bertz CT molecular complexity index is 945. The maximum Gasteiger partial charge on any atom is 0.333 e. The summed E-state index contributed by atoms with van der Waals surface area (Å²) in [4.78, 5) is 46.8. The Balaban J connectivity index is 0.000000142. The average Bonchev–Trinajstić information content (AvgIpc) is 3.38. The Morgan fingerprint density at radius 1 is 0.912 bits per heavy atom. The summed E-state index contributed by atoms with van der Waals surface area (Å²) < 4.78 is 16.4. The summed E-state index contributed by atoms with van der Waals surface area (Å²) in [7, 11) is 0. The largest absolute Gasteiger partial charge is 0.458 e. The molecule has 184 valence electrons. The number of Topliss-reactive ketones (excluding diaryl/α,β-unsaturated/α-hetero) is 1. The smallest absolute Gasteiger partial charge is 0.333 e. The van der Waals surface area contributed by atoms with Gasteiger partial charge in [-0.2, -0.15) is 0 Å². The molecule has 0 amide bonds. The second-order valence-electron chi connectivity index (χ2n) is 11.5. The molecule has 1 saturated heterocycles. The van der Waals surface area contributed by atoms with Crippen molar-refractivity contribution in [2.75, 3.05) is 0 Å². The fourth-order valence-corrected chi connectivity index (χ4v) is 7.57. The number of hydrogen-bond donors (Lipinski definition) is 0. The van der Waals surface area contributed by atoms with Gasteiger partial charge in [0.05, 0.1) is 5.92 Å². The molecule has 6 bridgehead atoms. The van der Waals surface area contributed by atoms with Crippen LogP contribution in [-0.2, 0) is 33.4 Å². The van der Waals surface area contributed by atoms with Gasteiger partial charge in [-0.1, -0.05) is 13.2 Å². The van der Waals surface area contributed by atoms with E-state index in [1.54, 1.807) is 13.8 Å². The van der Waals surface area contributed by atoms with Crippen molar-refractivity contribution in [3.8, 4) is 0 Å². The molecule has 7 rings (SSSR count). The zero-order valence-corrected chi connectivity index (χ0v) is 20.2. The van der Waals surface area contributed by atoms with Crippen LogP contribution in [0.15, 0.2) is 24.3 Å². The highest BCUT2D eigenvalue weighted by molar-refractivity contribution is 5.88. The second-order valence-corrected chi connectivity index (χ2v) is 11.5. The summed E-state index contributed by atoms with van der Waals surface area (Å²) in [5.74, 6) is 1.55. The number of ether oxygens (including phenoxy) is 3. The first-order valence-corrected chi connectivity index (χ1v) is 12.5. The highest BCUT2D eigenvalue weighted by Crippen LogP contribution is 2.58. The SMILES string of the molecule is C=C(C)C(=O)OC1(C)C2CC3CC1CC(C2)C3=O.C=C(C)C(=O)OC1C2CC3C(=O)OC1C3C2. The molecule has 7 nitrogen and oxygen atoms in total. The Labute approximate surface area is 200 Å². The van der Waals surface area contributed by atoms with Crippen LogP contribution in [0.3, 0.4) is 0 Å². The zero-order valence-electron chi connectivity index (χ0n) is 20.2. The quantitative estimate of drug-likeness (QED) is 0.352. The molecular formula is C27H34O7. The van der Waals surface area contributed by atoms with Gasteiger partial charge in [0.1, 0.15) is 23.6 Å². The van der Waals surface area contributed by atoms with Crippen molar-refractivity contribution in [1.82, 2.24) is 0 Å². The van der Waals surface area contributed by atoms with Crippen LogP contribution in [0.1, 0.15) is 59.3 Å². The van der Waals surface area contributed by atoms with Gasteiger partial charge in [-0.15, -0.1) is 0 Å². The van der Waals surface area contributed by atoms with Gasteiger partial charge in [0.2, 0.25) is 0 Å². The van der Waals surface area contributed by atoms with Crippen molar-refractivity contribution < 1.29 is 33.4 Å². The molecule has 0 aromatic rings. The van der Waals surface area contributed by atoms with Crippen LogP contribution in [0.2, 0.25) is 0 Å². The molecule has 34 heavy (non-hydrogen) atoms. The van der Waals surface area contributed by atoms with Gasteiger partial charge < -0.3 is 14.2 Å². The summed E-state index contributed by atoms with van der Waals surface area (Å²) >= 11 is 0. The minimum absolute atomic E-state index is 0.0646. The summed E-state index contributed by atoms with van der Waals surface area (Å²) in [6.45, 7) is 12.6. The topological polar surface area (TPSA) is 96.0 Å². The van der Waals surface area contributed by atoms with Crippen molar-refractivity contribution >= 4 is 23.7 Å². The van der Waals surface area contributed by atoms with E-state index in [1.165, 1.54) is 0 Å². The number of carbonyl (C=O) groups excluding carboxylic acids is 4. The molecule has 7 heteroatoms. The molecule has 5 unspecified atom stereocenters. The van der Waals surface area contributed by atoms with E-state index in [0.717, 1.165) is 38.5 Å². The number of rotatable bonds is 4. The fraction of sp³-hybridized carbons (Fsp3) is 0.704. The van der Waals surface area contributed by atoms with Gasteiger partial charge in [0, 0.05) is 46.7 Å². The van der Waals surface area contributed by atoms with E-state index >= 15 is 0 Å². The maximum absolute atomic E-state index is 12.0. The Morgan fingerprint density at radius 3 is 2.00 bits per heavy atom. The predicted molar refractivity (Wildman–Crippen MR) is 121 cm³/mol. The van der Waals surface area contributed by atoms with E-state index in [9.17, 15) is 19.2 Å². The number of hydrogen-bond acceptors (Lipinski definition) is 7. The van der Waals surface area contributed by atoms with Crippen molar-refractivity contribution in [2.24, 2.45) is 41.4 Å².